The number of aromatic nitrogens is 1. The Kier molecular flexibility index (Phi) is 5.92. The Morgan fingerprint density at radius 1 is 0.913 bits per heavy atom. The SMILES string of the molecule is Cc1ccc2cc(C)c(-[c-]3cccc3)nc2c1.[Fe+2].c1cc[cH-]c1. The van der Waals surface area contributed by atoms with Gasteiger partial charge < -0.3 is 0 Å². The number of hydrogen-bond donors (Lipinski definition) is 0. The summed E-state index contributed by atoms with van der Waals surface area (Å²) in [6, 6.07) is 26.9. The number of fused-ring (bicyclic) bond motifs is 1. The van der Waals surface area contributed by atoms with E-state index in [1.807, 2.05) is 30.3 Å². The van der Waals surface area contributed by atoms with Gasteiger partial charge in [0.25, 0.3) is 0 Å². The van der Waals surface area contributed by atoms with E-state index in [0.717, 1.165) is 11.2 Å². The van der Waals surface area contributed by atoms with Gasteiger partial charge in [-0.05, 0) is 29.6 Å². The minimum absolute atomic E-state index is 0. The minimum Gasteiger partial charge on any atom is -0.268 e. The summed E-state index contributed by atoms with van der Waals surface area (Å²) in [4.78, 5) is 4.78. The van der Waals surface area contributed by atoms with E-state index in [-0.39, 0.29) is 17.1 Å². The van der Waals surface area contributed by atoms with Gasteiger partial charge in [-0.25, -0.2) is 12.1 Å². The number of benzene rings is 1. The van der Waals surface area contributed by atoms with Crippen molar-refractivity contribution in [2.24, 2.45) is 0 Å². The fraction of sp³-hybridized carbons (Fsp3) is 0.0952. The van der Waals surface area contributed by atoms with Crippen LogP contribution >= 0.6 is 0 Å². The predicted molar refractivity (Wildman–Crippen MR) is 94.3 cm³/mol. The van der Waals surface area contributed by atoms with Crippen molar-refractivity contribution < 1.29 is 17.1 Å². The number of pyridine rings is 1. The second-order valence-electron chi connectivity index (χ2n) is 5.49. The van der Waals surface area contributed by atoms with E-state index in [0.29, 0.717) is 0 Å². The average Bonchev–Trinajstić information content (AvgIpc) is 3.23. The molecular formula is C21H19FeN. The van der Waals surface area contributed by atoms with Gasteiger partial charge in [0, 0.05) is 0 Å². The largest absolute Gasteiger partial charge is 2.00 e. The van der Waals surface area contributed by atoms with Crippen LogP contribution in [0.15, 0.2) is 78.9 Å². The second-order valence-corrected chi connectivity index (χ2v) is 5.49. The first-order chi connectivity index (χ1) is 10.7. The molecule has 116 valence electrons. The van der Waals surface area contributed by atoms with E-state index in [9.17, 15) is 0 Å². The van der Waals surface area contributed by atoms with Crippen LogP contribution in [0.2, 0.25) is 0 Å². The van der Waals surface area contributed by atoms with Crippen molar-refractivity contribution in [2.45, 2.75) is 13.8 Å². The standard InChI is InChI=1S/C16H14N.C5H5.Fe/c1-11-7-8-14-10-12(2)16(17-15(14)9-11)13-5-3-4-6-13;1-2-4-5-3-1;/h3-10H,1-2H3;1-5H;/q2*-1;+2. The molecule has 1 heterocycles. The number of rotatable bonds is 1. The Bertz CT molecular complexity index is 826. The monoisotopic (exact) mass is 341 g/mol. The topological polar surface area (TPSA) is 12.9 Å². The average molecular weight is 341 g/mol. The summed E-state index contributed by atoms with van der Waals surface area (Å²) >= 11 is 0. The number of aryl methyl sites for hydroxylation is 2. The molecule has 4 rings (SSSR count). The smallest absolute Gasteiger partial charge is 0.268 e. The van der Waals surface area contributed by atoms with Crippen molar-refractivity contribution in [3.63, 3.8) is 0 Å². The number of hydrogen-bond acceptors (Lipinski definition) is 1. The maximum Gasteiger partial charge on any atom is 2.00 e. The van der Waals surface area contributed by atoms with Crippen molar-refractivity contribution >= 4 is 10.9 Å². The fourth-order valence-electron chi connectivity index (χ4n) is 2.53. The van der Waals surface area contributed by atoms with Crippen LogP contribution in [0.5, 0.6) is 0 Å². The molecule has 0 amide bonds. The molecule has 0 aliphatic heterocycles. The Morgan fingerprint density at radius 3 is 2.22 bits per heavy atom. The molecule has 0 aliphatic carbocycles. The van der Waals surface area contributed by atoms with Gasteiger partial charge in [-0.3, -0.25) is 4.98 Å². The molecule has 23 heavy (non-hydrogen) atoms. The van der Waals surface area contributed by atoms with Crippen LogP contribution in [0, 0.1) is 13.8 Å². The summed E-state index contributed by atoms with van der Waals surface area (Å²) in [5.41, 5.74) is 5.85. The van der Waals surface area contributed by atoms with Crippen molar-refractivity contribution in [2.75, 3.05) is 0 Å². The minimum atomic E-state index is 0. The van der Waals surface area contributed by atoms with Crippen molar-refractivity contribution in [1.29, 1.82) is 0 Å². The molecule has 0 fully saturated rings. The molecule has 0 atom stereocenters. The first kappa shape index (κ1) is 17.2. The van der Waals surface area contributed by atoms with Crippen molar-refractivity contribution in [1.82, 2.24) is 4.98 Å². The zero-order chi connectivity index (χ0) is 15.4. The molecular weight excluding hydrogens is 322 g/mol. The molecule has 0 bridgehead atoms. The van der Waals surface area contributed by atoms with E-state index in [1.54, 1.807) is 0 Å². The third kappa shape index (κ3) is 4.19. The molecule has 4 aromatic rings. The molecule has 0 unspecified atom stereocenters. The third-order valence-corrected chi connectivity index (χ3v) is 3.66. The molecule has 0 spiro atoms. The quantitative estimate of drug-likeness (QED) is 0.322. The second kappa shape index (κ2) is 7.92. The molecule has 1 nitrogen and oxygen atoms in total. The van der Waals surface area contributed by atoms with Gasteiger partial charge in [0.15, 0.2) is 0 Å². The Morgan fingerprint density at radius 2 is 1.61 bits per heavy atom. The summed E-state index contributed by atoms with van der Waals surface area (Å²) in [6.07, 6.45) is 0. The maximum atomic E-state index is 4.78. The van der Waals surface area contributed by atoms with Crippen LogP contribution in [-0.4, -0.2) is 4.98 Å². The van der Waals surface area contributed by atoms with Crippen molar-refractivity contribution in [3.8, 4) is 11.3 Å². The fourth-order valence-corrected chi connectivity index (χ4v) is 2.53. The molecule has 0 saturated carbocycles. The van der Waals surface area contributed by atoms with Gasteiger partial charge in [-0.1, -0.05) is 36.2 Å². The molecule has 0 saturated heterocycles. The van der Waals surface area contributed by atoms with Gasteiger partial charge in [0.05, 0.1) is 5.52 Å². The molecule has 3 aromatic carbocycles. The van der Waals surface area contributed by atoms with Crippen LogP contribution in [0.1, 0.15) is 11.1 Å². The third-order valence-electron chi connectivity index (χ3n) is 3.66. The Labute approximate surface area is 148 Å². The summed E-state index contributed by atoms with van der Waals surface area (Å²) in [5, 5.41) is 1.21. The maximum absolute atomic E-state index is 4.78. The molecule has 0 radical (unpaired) electrons. The first-order valence-corrected chi connectivity index (χ1v) is 7.51. The molecule has 2 heteroatoms. The summed E-state index contributed by atoms with van der Waals surface area (Å²) < 4.78 is 0. The Hall–Kier alpha value is -2.15. The normalized spacial score (nSPS) is 9.83. The Balaban J connectivity index is 0.000000276. The zero-order valence-corrected chi connectivity index (χ0v) is 14.4. The molecule has 0 aliphatic rings. The van der Waals surface area contributed by atoms with E-state index < -0.39 is 0 Å². The van der Waals surface area contributed by atoms with Gasteiger partial charge in [0.2, 0.25) is 0 Å². The van der Waals surface area contributed by atoms with Crippen LogP contribution in [0.25, 0.3) is 22.2 Å². The molecule has 1 aromatic heterocycles. The van der Waals surface area contributed by atoms with Gasteiger partial charge >= 0.3 is 17.1 Å². The number of nitrogens with zero attached hydrogens (tertiary/aromatic N) is 1. The first-order valence-electron chi connectivity index (χ1n) is 7.51. The summed E-state index contributed by atoms with van der Waals surface area (Å²) in [7, 11) is 0. The van der Waals surface area contributed by atoms with E-state index in [2.05, 4.69) is 62.4 Å². The summed E-state index contributed by atoms with van der Waals surface area (Å²) in [6.45, 7) is 4.22. The van der Waals surface area contributed by atoms with E-state index in [4.69, 9.17) is 4.98 Å². The summed E-state index contributed by atoms with van der Waals surface area (Å²) in [5.74, 6) is 0. The van der Waals surface area contributed by atoms with Crippen LogP contribution < -0.4 is 0 Å². The van der Waals surface area contributed by atoms with Crippen LogP contribution in [0.3, 0.4) is 0 Å². The van der Waals surface area contributed by atoms with Gasteiger partial charge in [-0.2, -0.15) is 30.3 Å². The predicted octanol–water partition coefficient (Wildman–Crippen LogP) is 5.64. The van der Waals surface area contributed by atoms with E-state index >= 15 is 0 Å². The van der Waals surface area contributed by atoms with E-state index in [1.165, 1.54) is 22.1 Å². The van der Waals surface area contributed by atoms with Crippen LogP contribution in [0.4, 0.5) is 0 Å². The molecule has 0 N–H and O–H groups in total. The van der Waals surface area contributed by atoms with Crippen LogP contribution in [-0.2, 0) is 17.1 Å². The van der Waals surface area contributed by atoms with Gasteiger partial charge in [0.1, 0.15) is 0 Å². The zero-order valence-electron chi connectivity index (χ0n) is 13.3. The van der Waals surface area contributed by atoms with Gasteiger partial charge in [-0.15, -0.1) is 12.1 Å². The van der Waals surface area contributed by atoms with Crippen molar-refractivity contribution in [3.05, 3.63) is 90.0 Å².